The van der Waals surface area contributed by atoms with E-state index in [-0.39, 0.29) is 11.6 Å². The van der Waals surface area contributed by atoms with Crippen molar-refractivity contribution in [3.05, 3.63) is 61.7 Å². The fraction of sp³-hybridized carbons (Fsp3) is 0. The molecule has 0 amide bonds. The minimum absolute atomic E-state index is 0.224. The van der Waals surface area contributed by atoms with Gasteiger partial charge in [0.15, 0.2) is 9.46 Å². The zero-order valence-corrected chi connectivity index (χ0v) is 13.7. The van der Waals surface area contributed by atoms with Crippen molar-refractivity contribution in [2.45, 2.75) is 0 Å². The summed E-state index contributed by atoms with van der Waals surface area (Å²) in [6, 6.07) is 11.0. The van der Waals surface area contributed by atoms with Crippen molar-refractivity contribution in [2.24, 2.45) is 4.99 Å². The average molecular weight is 444 g/mol. The van der Waals surface area contributed by atoms with E-state index in [4.69, 9.17) is 9.15 Å². The van der Waals surface area contributed by atoms with Gasteiger partial charge in [0.1, 0.15) is 5.76 Å². The highest BCUT2D eigenvalue weighted by Gasteiger charge is 2.25. The molecule has 0 fully saturated rings. The highest BCUT2D eigenvalue weighted by Crippen LogP contribution is 2.24. The van der Waals surface area contributed by atoms with Crippen LogP contribution in [0.5, 0.6) is 0 Å². The van der Waals surface area contributed by atoms with E-state index >= 15 is 0 Å². The third-order valence-electron chi connectivity index (χ3n) is 2.60. The number of aliphatic imine (C=N–C) groups is 1. The number of nitrogens with zero attached hydrogens (tertiary/aromatic N) is 1. The molecular formula is C14H7BrINO3. The fourth-order valence-electron chi connectivity index (χ4n) is 1.70. The van der Waals surface area contributed by atoms with Crippen LogP contribution in [0.4, 0.5) is 0 Å². The first-order valence-corrected chi connectivity index (χ1v) is 7.53. The van der Waals surface area contributed by atoms with Crippen LogP contribution in [0.1, 0.15) is 11.3 Å². The summed E-state index contributed by atoms with van der Waals surface area (Å²) in [5, 5.41) is 0. The highest BCUT2D eigenvalue weighted by atomic mass is 127. The Kier molecular flexibility index (Phi) is 3.75. The van der Waals surface area contributed by atoms with Crippen LogP contribution in [0.25, 0.3) is 6.08 Å². The Balaban J connectivity index is 1.97. The number of benzene rings is 1. The van der Waals surface area contributed by atoms with E-state index in [2.05, 4.69) is 43.5 Å². The van der Waals surface area contributed by atoms with Crippen molar-refractivity contribution in [2.75, 3.05) is 0 Å². The van der Waals surface area contributed by atoms with Gasteiger partial charge in [0.25, 0.3) is 0 Å². The van der Waals surface area contributed by atoms with Gasteiger partial charge < -0.3 is 9.15 Å². The molecule has 0 aliphatic carbocycles. The maximum Gasteiger partial charge on any atom is 0.363 e. The summed E-state index contributed by atoms with van der Waals surface area (Å²) >= 11 is 5.46. The number of carbonyl (C=O) groups is 1. The molecule has 0 radical (unpaired) electrons. The van der Waals surface area contributed by atoms with Crippen LogP contribution in [-0.2, 0) is 9.53 Å². The molecule has 0 saturated heterocycles. The maximum atomic E-state index is 11.8. The first kappa shape index (κ1) is 13.6. The van der Waals surface area contributed by atoms with Crippen LogP contribution in [0.15, 0.2) is 56.0 Å². The Hall–Kier alpha value is -1.41. The third kappa shape index (κ3) is 2.71. The molecule has 0 bridgehead atoms. The summed E-state index contributed by atoms with van der Waals surface area (Å²) < 4.78 is 12.1. The smallest absolute Gasteiger partial charge is 0.363 e. The van der Waals surface area contributed by atoms with Crippen LogP contribution >= 0.6 is 38.5 Å². The fourth-order valence-corrected chi connectivity index (χ4v) is 2.59. The predicted molar refractivity (Wildman–Crippen MR) is 86.2 cm³/mol. The molecule has 0 N–H and O–H groups in total. The predicted octanol–water partition coefficient (Wildman–Crippen LogP) is 3.99. The summed E-state index contributed by atoms with van der Waals surface area (Å²) in [6.07, 6.45) is 1.56. The molecule has 0 saturated carbocycles. The summed E-state index contributed by atoms with van der Waals surface area (Å²) in [5.41, 5.74) is 0.958. The minimum atomic E-state index is -0.484. The lowest BCUT2D eigenvalue weighted by Crippen LogP contribution is -2.05. The lowest BCUT2D eigenvalue weighted by Gasteiger charge is -2.01. The van der Waals surface area contributed by atoms with E-state index in [0.29, 0.717) is 5.76 Å². The molecule has 1 aromatic heterocycles. The number of hydrogen-bond acceptors (Lipinski definition) is 4. The Morgan fingerprint density at radius 3 is 2.70 bits per heavy atom. The van der Waals surface area contributed by atoms with Crippen LogP contribution in [0.3, 0.4) is 0 Å². The number of rotatable bonds is 2. The van der Waals surface area contributed by atoms with Crippen molar-refractivity contribution >= 4 is 56.5 Å². The first-order chi connectivity index (χ1) is 9.63. The van der Waals surface area contributed by atoms with Gasteiger partial charge in [-0.25, -0.2) is 9.79 Å². The number of furan rings is 1. The number of ether oxygens (including phenoxy) is 1. The average Bonchev–Trinajstić information content (AvgIpc) is 2.98. The van der Waals surface area contributed by atoms with E-state index in [9.17, 15) is 4.79 Å². The van der Waals surface area contributed by atoms with Gasteiger partial charge in [0.2, 0.25) is 5.90 Å². The van der Waals surface area contributed by atoms with E-state index in [1.54, 1.807) is 12.1 Å². The molecule has 4 nitrogen and oxygen atoms in total. The summed E-state index contributed by atoms with van der Waals surface area (Å²) in [4.78, 5) is 16.0. The van der Waals surface area contributed by atoms with Gasteiger partial charge in [0.05, 0.1) is 5.56 Å². The second kappa shape index (κ2) is 5.53. The molecule has 1 aliphatic rings. The SMILES string of the molecule is O=C1OC(c2ccccc2Br)=N/C1=C/c1ccc(I)o1. The van der Waals surface area contributed by atoms with Crippen LogP contribution in [0.2, 0.25) is 0 Å². The topological polar surface area (TPSA) is 51.8 Å². The molecule has 1 aromatic carbocycles. The molecule has 3 rings (SSSR count). The molecule has 0 unspecified atom stereocenters. The molecule has 0 atom stereocenters. The number of carbonyl (C=O) groups excluding carboxylic acids is 1. The number of halogens is 2. The Morgan fingerprint density at radius 1 is 1.20 bits per heavy atom. The Labute approximate surface area is 136 Å². The third-order valence-corrected chi connectivity index (χ3v) is 3.87. The molecule has 100 valence electrons. The van der Waals surface area contributed by atoms with E-state index in [1.165, 1.54) is 0 Å². The van der Waals surface area contributed by atoms with Crippen molar-refractivity contribution in [1.82, 2.24) is 0 Å². The lowest BCUT2D eigenvalue weighted by atomic mass is 10.2. The van der Waals surface area contributed by atoms with Crippen molar-refractivity contribution in [3.8, 4) is 0 Å². The normalized spacial score (nSPS) is 16.4. The molecule has 6 heteroatoms. The minimum Gasteiger partial charge on any atom is -0.451 e. The summed E-state index contributed by atoms with van der Waals surface area (Å²) in [6.45, 7) is 0. The molecule has 1 aliphatic heterocycles. The second-order valence-electron chi connectivity index (χ2n) is 3.96. The van der Waals surface area contributed by atoms with Crippen LogP contribution < -0.4 is 0 Å². The van der Waals surface area contributed by atoms with E-state index in [0.717, 1.165) is 13.8 Å². The molecular weight excluding hydrogens is 437 g/mol. The zero-order chi connectivity index (χ0) is 14.1. The number of esters is 1. The monoisotopic (exact) mass is 443 g/mol. The number of hydrogen-bond donors (Lipinski definition) is 0. The highest BCUT2D eigenvalue weighted by molar-refractivity contribution is 14.1. The quantitative estimate of drug-likeness (QED) is 0.400. The summed E-state index contributed by atoms with van der Waals surface area (Å²) in [5.74, 6) is 0.371. The lowest BCUT2D eigenvalue weighted by molar-refractivity contribution is -0.129. The van der Waals surface area contributed by atoms with Gasteiger partial charge in [-0.1, -0.05) is 12.1 Å². The van der Waals surface area contributed by atoms with Gasteiger partial charge >= 0.3 is 5.97 Å². The standard InChI is InChI=1S/C14H7BrINO3/c15-10-4-2-1-3-9(10)13-17-11(14(18)20-13)7-8-5-6-12(16)19-8/h1-7H/b11-7+. The largest absolute Gasteiger partial charge is 0.451 e. The van der Waals surface area contributed by atoms with Crippen LogP contribution in [0, 0.1) is 3.77 Å². The van der Waals surface area contributed by atoms with Gasteiger partial charge in [0, 0.05) is 10.5 Å². The zero-order valence-electron chi connectivity index (χ0n) is 9.97. The van der Waals surface area contributed by atoms with Gasteiger partial charge in [-0.05, 0) is 62.8 Å². The molecule has 20 heavy (non-hydrogen) atoms. The first-order valence-electron chi connectivity index (χ1n) is 5.66. The van der Waals surface area contributed by atoms with Crippen LogP contribution in [-0.4, -0.2) is 11.9 Å². The Morgan fingerprint density at radius 2 is 2.00 bits per heavy atom. The summed E-state index contributed by atoms with van der Waals surface area (Å²) in [7, 11) is 0. The van der Waals surface area contributed by atoms with E-state index < -0.39 is 5.97 Å². The molecule has 2 heterocycles. The van der Waals surface area contributed by atoms with Gasteiger partial charge in [-0.15, -0.1) is 0 Å². The Bertz CT molecular complexity index is 748. The maximum absolute atomic E-state index is 11.8. The van der Waals surface area contributed by atoms with Crippen molar-refractivity contribution in [3.63, 3.8) is 0 Å². The molecule has 2 aromatic rings. The van der Waals surface area contributed by atoms with Gasteiger partial charge in [-0.2, -0.15) is 0 Å². The molecule has 0 spiro atoms. The number of cyclic esters (lactones) is 1. The van der Waals surface area contributed by atoms with E-state index in [1.807, 2.05) is 30.3 Å². The van der Waals surface area contributed by atoms with Gasteiger partial charge in [-0.3, -0.25) is 0 Å². The van der Waals surface area contributed by atoms with Crippen molar-refractivity contribution in [1.29, 1.82) is 0 Å². The second-order valence-corrected chi connectivity index (χ2v) is 5.88. The van der Waals surface area contributed by atoms with Crippen molar-refractivity contribution < 1.29 is 13.9 Å².